The standard InChI is InChI=1S/C25H39N5O.HI/c1-3-26-25(27-17-19-11-12-23-21(16-19)10-7-14-29(23)2)28-22-13-15-30(18-22)24(31)20-8-5-4-6-9-20;/h11-12,16,20,22H,3-10,13-15,17-18H2,1-2H3,(H2,26,27,28);1H. The van der Waals surface area contributed by atoms with Crippen molar-refractivity contribution in [1.29, 1.82) is 0 Å². The van der Waals surface area contributed by atoms with Gasteiger partial charge in [0.15, 0.2) is 5.96 Å². The van der Waals surface area contributed by atoms with Crippen LogP contribution in [-0.2, 0) is 17.8 Å². The van der Waals surface area contributed by atoms with Gasteiger partial charge in [-0.25, -0.2) is 4.99 Å². The largest absolute Gasteiger partial charge is 0.374 e. The van der Waals surface area contributed by atoms with Crippen molar-refractivity contribution in [2.75, 3.05) is 38.1 Å². The highest BCUT2D eigenvalue weighted by atomic mass is 127. The number of rotatable bonds is 5. The number of carbonyl (C=O) groups excluding carboxylic acids is 1. The first-order chi connectivity index (χ1) is 15.1. The number of hydrogen-bond acceptors (Lipinski definition) is 3. The summed E-state index contributed by atoms with van der Waals surface area (Å²) in [6.45, 7) is 6.40. The van der Waals surface area contributed by atoms with Gasteiger partial charge < -0.3 is 20.4 Å². The Kier molecular flexibility index (Phi) is 9.49. The average Bonchev–Trinajstić information content (AvgIpc) is 3.26. The Morgan fingerprint density at radius 2 is 1.94 bits per heavy atom. The van der Waals surface area contributed by atoms with Gasteiger partial charge in [0.05, 0.1) is 6.54 Å². The first kappa shape index (κ1) is 25.1. The summed E-state index contributed by atoms with van der Waals surface area (Å²) in [7, 11) is 2.17. The van der Waals surface area contributed by atoms with Crippen LogP contribution in [0, 0.1) is 5.92 Å². The van der Waals surface area contributed by atoms with Crippen LogP contribution in [0.5, 0.6) is 0 Å². The zero-order chi connectivity index (χ0) is 21.6. The van der Waals surface area contributed by atoms with Crippen molar-refractivity contribution in [1.82, 2.24) is 15.5 Å². The van der Waals surface area contributed by atoms with Gasteiger partial charge >= 0.3 is 0 Å². The number of nitrogens with zero attached hydrogens (tertiary/aromatic N) is 3. The van der Waals surface area contributed by atoms with Crippen LogP contribution < -0.4 is 15.5 Å². The maximum atomic E-state index is 12.9. The topological polar surface area (TPSA) is 60.0 Å². The van der Waals surface area contributed by atoms with Crippen LogP contribution in [-0.4, -0.2) is 56.0 Å². The molecule has 0 radical (unpaired) electrons. The van der Waals surface area contributed by atoms with Crippen molar-refractivity contribution in [2.45, 2.75) is 70.9 Å². The molecule has 2 fully saturated rings. The summed E-state index contributed by atoms with van der Waals surface area (Å²) < 4.78 is 0. The Bertz CT molecular complexity index is 793. The number of likely N-dealkylation sites (tertiary alicyclic amines) is 1. The summed E-state index contributed by atoms with van der Waals surface area (Å²) in [4.78, 5) is 22.1. The number of hydrogen-bond donors (Lipinski definition) is 2. The third-order valence-corrected chi connectivity index (χ3v) is 7.05. The Balaban J connectivity index is 0.00000289. The summed E-state index contributed by atoms with van der Waals surface area (Å²) in [6.07, 6.45) is 9.23. The van der Waals surface area contributed by atoms with Crippen LogP contribution in [0.15, 0.2) is 23.2 Å². The number of aryl methyl sites for hydroxylation is 1. The number of carbonyl (C=O) groups is 1. The molecular weight excluding hydrogens is 513 g/mol. The van der Waals surface area contributed by atoms with Gasteiger partial charge in [0.25, 0.3) is 0 Å². The van der Waals surface area contributed by atoms with E-state index in [-0.39, 0.29) is 35.9 Å². The fourth-order valence-electron chi connectivity index (χ4n) is 5.31. The summed E-state index contributed by atoms with van der Waals surface area (Å²) in [5.74, 6) is 1.50. The van der Waals surface area contributed by atoms with E-state index in [1.54, 1.807) is 0 Å². The Morgan fingerprint density at radius 1 is 1.12 bits per heavy atom. The first-order valence-corrected chi connectivity index (χ1v) is 12.3. The molecule has 1 saturated heterocycles. The lowest BCUT2D eigenvalue weighted by atomic mass is 9.88. The fourth-order valence-corrected chi connectivity index (χ4v) is 5.31. The monoisotopic (exact) mass is 553 g/mol. The zero-order valence-electron chi connectivity index (χ0n) is 19.7. The number of amides is 1. The van der Waals surface area contributed by atoms with E-state index >= 15 is 0 Å². The van der Waals surface area contributed by atoms with Gasteiger partial charge in [-0.3, -0.25) is 4.79 Å². The number of anilines is 1. The number of guanidine groups is 1. The quantitative estimate of drug-likeness (QED) is 0.330. The molecule has 32 heavy (non-hydrogen) atoms. The molecule has 2 aliphatic heterocycles. The lowest BCUT2D eigenvalue weighted by Crippen LogP contribution is -2.45. The predicted molar refractivity (Wildman–Crippen MR) is 143 cm³/mol. The number of fused-ring (bicyclic) bond motifs is 1. The van der Waals surface area contributed by atoms with Gasteiger partial charge in [0, 0.05) is 50.9 Å². The molecule has 3 aliphatic rings. The predicted octanol–water partition coefficient (Wildman–Crippen LogP) is 3.92. The lowest BCUT2D eigenvalue weighted by molar-refractivity contribution is -0.135. The molecule has 4 rings (SSSR count). The highest BCUT2D eigenvalue weighted by Gasteiger charge is 2.31. The van der Waals surface area contributed by atoms with Crippen LogP contribution in [0.4, 0.5) is 5.69 Å². The van der Waals surface area contributed by atoms with Gasteiger partial charge in [0.1, 0.15) is 0 Å². The minimum absolute atomic E-state index is 0. The van der Waals surface area contributed by atoms with E-state index in [0.29, 0.717) is 12.5 Å². The van der Waals surface area contributed by atoms with Crippen molar-refractivity contribution in [3.05, 3.63) is 29.3 Å². The molecule has 6 nitrogen and oxygen atoms in total. The van der Waals surface area contributed by atoms with E-state index in [9.17, 15) is 4.79 Å². The van der Waals surface area contributed by atoms with Crippen molar-refractivity contribution < 1.29 is 4.79 Å². The van der Waals surface area contributed by atoms with Crippen LogP contribution >= 0.6 is 24.0 Å². The zero-order valence-corrected chi connectivity index (χ0v) is 22.1. The van der Waals surface area contributed by atoms with E-state index in [1.807, 2.05) is 0 Å². The molecule has 1 saturated carbocycles. The van der Waals surface area contributed by atoms with Gasteiger partial charge in [0.2, 0.25) is 5.91 Å². The highest BCUT2D eigenvalue weighted by Crippen LogP contribution is 2.28. The maximum absolute atomic E-state index is 12.9. The second-order valence-corrected chi connectivity index (χ2v) is 9.43. The van der Waals surface area contributed by atoms with Crippen molar-refractivity contribution in [2.24, 2.45) is 10.9 Å². The number of benzene rings is 1. The number of nitrogens with one attached hydrogen (secondary N) is 2. The molecule has 1 aromatic rings. The number of aliphatic imine (C=N–C) groups is 1. The van der Waals surface area contributed by atoms with Gasteiger partial charge in [-0.05, 0) is 56.2 Å². The van der Waals surface area contributed by atoms with Crippen LogP contribution in [0.1, 0.15) is 63.0 Å². The van der Waals surface area contributed by atoms with Crippen molar-refractivity contribution in [3.8, 4) is 0 Å². The molecule has 1 atom stereocenters. The lowest BCUT2D eigenvalue weighted by Gasteiger charge is -2.27. The van der Waals surface area contributed by atoms with E-state index in [0.717, 1.165) is 57.8 Å². The van der Waals surface area contributed by atoms with E-state index < -0.39 is 0 Å². The molecule has 2 heterocycles. The summed E-state index contributed by atoms with van der Waals surface area (Å²) in [5.41, 5.74) is 4.05. The highest BCUT2D eigenvalue weighted by molar-refractivity contribution is 14.0. The molecular formula is C25H40IN5O. The van der Waals surface area contributed by atoms with Gasteiger partial charge in [-0.2, -0.15) is 0 Å². The van der Waals surface area contributed by atoms with Crippen molar-refractivity contribution >= 4 is 41.5 Å². The maximum Gasteiger partial charge on any atom is 0.225 e. The molecule has 1 aliphatic carbocycles. The average molecular weight is 554 g/mol. The molecule has 1 amide bonds. The molecule has 7 heteroatoms. The smallest absolute Gasteiger partial charge is 0.225 e. The third kappa shape index (κ3) is 6.29. The molecule has 2 N–H and O–H groups in total. The molecule has 0 aromatic heterocycles. The molecule has 178 valence electrons. The SMILES string of the molecule is CCNC(=NCc1ccc2c(c1)CCCN2C)NC1CCN(C(=O)C2CCCCC2)C1.I. The van der Waals surface area contributed by atoms with Crippen molar-refractivity contribution in [3.63, 3.8) is 0 Å². The van der Waals surface area contributed by atoms with E-state index in [2.05, 4.69) is 52.6 Å². The summed E-state index contributed by atoms with van der Waals surface area (Å²) in [5, 5.41) is 6.96. The van der Waals surface area contributed by atoms with Crippen LogP contribution in [0.2, 0.25) is 0 Å². The summed E-state index contributed by atoms with van der Waals surface area (Å²) >= 11 is 0. The molecule has 0 spiro atoms. The minimum Gasteiger partial charge on any atom is -0.374 e. The van der Waals surface area contributed by atoms with E-state index in [4.69, 9.17) is 4.99 Å². The fraction of sp³-hybridized carbons (Fsp3) is 0.680. The normalized spacial score (nSPS) is 21.7. The van der Waals surface area contributed by atoms with Gasteiger partial charge in [-0.1, -0.05) is 31.4 Å². The second-order valence-electron chi connectivity index (χ2n) is 9.43. The summed E-state index contributed by atoms with van der Waals surface area (Å²) in [6, 6.07) is 7.04. The second kappa shape index (κ2) is 12.1. The Labute approximate surface area is 210 Å². The molecule has 1 unspecified atom stereocenters. The number of halogens is 1. The van der Waals surface area contributed by atoms with E-state index in [1.165, 1.54) is 42.5 Å². The minimum atomic E-state index is 0. The van der Waals surface area contributed by atoms with Crippen LogP contribution in [0.3, 0.4) is 0 Å². The Morgan fingerprint density at radius 3 is 2.72 bits per heavy atom. The third-order valence-electron chi connectivity index (χ3n) is 7.05. The Hall–Kier alpha value is -1.51. The molecule has 1 aromatic carbocycles. The van der Waals surface area contributed by atoms with Crippen LogP contribution in [0.25, 0.3) is 0 Å². The first-order valence-electron chi connectivity index (χ1n) is 12.3. The molecule has 0 bridgehead atoms. The van der Waals surface area contributed by atoms with Gasteiger partial charge in [-0.15, -0.1) is 24.0 Å².